The maximum absolute atomic E-state index is 14.1. The first-order valence-electron chi connectivity index (χ1n) is 17.9. The largest absolute Gasteiger partial charge is 0.417 e. The Morgan fingerprint density at radius 1 is 0.784 bits per heavy atom. The van der Waals surface area contributed by atoms with E-state index in [2.05, 4.69) is 110 Å². The molecule has 10 heteroatoms. The molecule has 6 aromatic rings. The summed E-state index contributed by atoms with van der Waals surface area (Å²) in [5.74, 6) is -0.287. The molecule has 0 unspecified atom stereocenters. The summed E-state index contributed by atoms with van der Waals surface area (Å²) in [6.45, 7) is 16.7. The highest BCUT2D eigenvalue weighted by molar-refractivity contribution is 6.74. The number of hydrogen-bond donors (Lipinski definition) is 0. The van der Waals surface area contributed by atoms with Crippen LogP contribution in [0, 0.1) is 5.82 Å². The van der Waals surface area contributed by atoms with Crippen LogP contribution in [-0.4, -0.2) is 77.6 Å². The van der Waals surface area contributed by atoms with E-state index in [1.165, 1.54) is 17.8 Å². The van der Waals surface area contributed by atoms with E-state index in [9.17, 15) is 4.39 Å². The second-order valence-electron chi connectivity index (χ2n) is 15.1. The summed E-state index contributed by atoms with van der Waals surface area (Å²) in [7, 11) is 0.318. The van der Waals surface area contributed by atoms with Crippen LogP contribution < -0.4 is 4.90 Å². The number of pyridine rings is 1. The predicted octanol–water partition coefficient (Wildman–Crippen LogP) is 8.92. The molecule has 0 aliphatic carbocycles. The summed E-state index contributed by atoms with van der Waals surface area (Å²) >= 11 is 0. The second kappa shape index (κ2) is 14.2. The molecule has 0 amide bonds. The number of nitrogens with zero attached hydrogens (tertiary/aromatic N) is 7. The average Bonchev–Trinajstić information content (AvgIpc) is 3.73. The minimum absolute atomic E-state index is 0.147. The molecule has 0 N–H and O–H groups in total. The van der Waals surface area contributed by atoms with Gasteiger partial charge in [-0.1, -0.05) is 51.1 Å². The third kappa shape index (κ3) is 7.26. The van der Waals surface area contributed by atoms with E-state index in [-0.39, 0.29) is 10.9 Å². The van der Waals surface area contributed by atoms with E-state index < -0.39 is 8.32 Å². The molecule has 1 aliphatic heterocycles. The Hall–Kier alpha value is -4.64. The van der Waals surface area contributed by atoms with Crippen molar-refractivity contribution in [2.75, 3.05) is 44.7 Å². The predicted molar refractivity (Wildman–Crippen MR) is 208 cm³/mol. The first kappa shape index (κ1) is 34.8. The van der Waals surface area contributed by atoms with Crippen molar-refractivity contribution in [1.29, 1.82) is 0 Å². The van der Waals surface area contributed by atoms with Crippen molar-refractivity contribution >= 4 is 25.0 Å². The lowest BCUT2D eigenvalue weighted by atomic mass is 10.0. The molecule has 51 heavy (non-hydrogen) atoms. The maximum atomic E-state index is 14.1. The molecular formula is C41H48FN7OSi. The van der Waals surface area contributed by atoms with Crippen molar-refractivity contribution in [1.82, 2.24) is 29.4 Å². The van der Waals surface area contributed by atoms with Crippen LogP contribution in [0.15, 0.2) is 97.2 Å². The van der Waals surface area contributed by atoms with Crippen LogP contribution in [0.3, 0.4) is 0 Å². The number of piperazine rings is 1. The first-order chi connectivity index (χ1) is 24.5. The van der Waals surface area contributed by atoms with Gasteiger partial charge in [0.2, 0.25) is 0 Å². The number of aromatic nitrogens is 5. The fraction of sp³-hybridized carbons (Fsp3) is 0.341. The molecular weight excluding hydrogens is 654 g/mol. The van der Waals surface area contributed by atoms with Crippen LogP contribution in [-0.2, 0) is 11.0 Å². The van der Waals surface area contributed by atoms with Gasteiger partial charge >= 0.3 is 0 Å². The molecule has 1 fully saturated rings. The summed E-state index contributed by atoms with van der Waals surface area (Å²) < 4.78 is 22.8. The summed E-state index contributed by atoms with van der Waals surface area (Å²) in [5, 5.41) is 11.2. The molecule has 264 valence electrons. The second-order valence-corrected chi connectivity index (χ2v) is 19.9. The van der Waals surface area contributed by atoms with Crippen LogP contribution in [0.5, 0.6) is 0 Å². The number of rotatable bonds is 10. The fourth-order valence-electron chi connectivity index (χ4n) is 6.44. The van der Waals surface area contributed by atoms with Gasteiger partial charge in [0.05, 0.1) is 12.2 Å². The van der Waals surface area contributed by atoms with E-state index in [1.54, 1.807) is 16.9 Å². The molecule has 7 rings (SSSR count). The van der Waals surface area contributed by atoms with Crippen molar-refractivity contribution < 1.29 is 8.82 Å². The molecule has 3 aromatic heterocycles. The molecule has 0 radical (unpaired) electrons. The zero-order valence-corrected chi connectivity index (χ0v) is 31.6. The molecule has 3 aromatic carbocycles. The summed E-state index contributed by atoms with van der Waals surface area (Å²) in [5.41, 5.74) is 8.42. The zero-order chi connectivity index (χ0) is 35.8. The Balaban J connectivity index is 1.29. The highest BCUT2D eigenvalue weighted by Gasteiger charge is 2.36. The minimum Gasteiger partial charge on any atom is -0.417 e. The van der Waals surface area contributed by atoms with E-state index in [0.29, 0.717) is 18.8 Å². The van der Waals surface area contributed by atoms with E-state index in [4.69, 9.17) is 19.6 Å². The third-order valence-electron chi connectivity index (χ3n) is 10.5. The fourth-order valence-corrected chi connectivity index (χ4v) is 7.53. The lowest BCUT2D eigenvalue weighted by molar-refractivity contribution is 0.269. The van der Waals surface area contributed by atoms with Crippen molar-refractivity contribution in [3.8, 4) is 39.5 Å². The molecule has 1 saturated heterocycles. The SMILES string of the molecule is CN1CCN(c2ccc(-c3cc4c(-c5nn(CCCO[Si](C)(C)C(C)(C)C)nc5-c5ccc(F)cc5)ccnc4n3-c3ccccc3)cc2)CC1. The van der Waals surface area contributed by atoms with Crippen LogP contribution >= 0.6 is 0 Å². The summed E-state index contributed by atoms with van der Waals surface area (Å²) in [6, 6.07) is 30.0. The monoisotopic (exact) mass is 701 g/mol. The highest BCUT2D eigenvalue weighted by Crippen LogP contribution is 2.39. The van der Waals surface area contributed by atoms with Gasteiger partial charge in [-0.25, -0.2) is 9.37 Å². The number of likely N-dealkylation sites (N-methyl/N-ethyl adjacent to an activating group) is 1. The standard InChI is InChI=1S/C41H48FN7OSi/c1-41(2,3)51(5,6)50-28-10-23-48-44-38(31-13-17-32(42)18-14-31)39(45-48)35-21-22-43-40-36(35)29-37(49(40)34-11-8-7-9-12-34)30-15-19-33(20-16-30)47-26-24-46(4)25-27-47/h7-9,11-22,29H,10,23-28H2,1-6H3. The number of fused-ring (bicyclic) bond motifs is 1. The number of anilines is 1. The van der Waals surface area contributed by atoms with Crippen molar-refractivity contribution in [3.63, 3.8) is 0 Å². The third-order valence-corrected chi connectivity index (χ3v) is 15.1. The van der Waals surface area contributed by atoms with Gasteiger partial charge in [-0.3, -0.25) is 4.57 Å². The molecule has 0 bridgehead atoms. The Labute approximate surface area is 301 Å². The average molecular weight is 702 g/mol. The number of aryl methyl sites for hydroxylation is 1. The van der Waals surface area contributed by atoms with Gasteiger partial charge in [-0.2, -0.15) is 15.0 Å². The first-order valence-corrected chi connectivity index (χ1v) is 20.8. The van der Waals surface area contributed by atoms with Gasteiger partial charge in [-0.15, -0.1) is 0 Å². The lowest BCUT2D eigenvalue weighted by Gasteiger charge is -2.36. The summed E-state index contributed by atoms with van der Waals surface area (Å²) in [6.07, 6.45) is 2.63. The van der Waals surface area contributed by atoms with Crippen molar-refractivity contribution in [2.24, 2.45) is 0 Å². The van der Waals surface area contributed by atoms with Gasteiger partial charge in [-0.05, 0) is 97.8 Å². The number of halogens is 1. The molecule has 4 heterocycles. The lowest BCUT2D eigenvalue weighted by Crippen LogP contribution is -2.44. The molecule has 0 saturated carbocycles. The van der Waals surface area contributed by atoms with Gasteiger partial charge in [0.1, 0.15) is 22.9 Å². The van der Waals surface area contributed by atoms with Gasteiger partial charge in [0.25, 0.3) is 0 Å². The minimum atomic E-state index is -1.86. The zero-order valence-electron chi connectivity index (χ0n) is 30.6. The molecule has 8 nitrogen and oxygen atoms in total. The Bertz CT molecular complexity index is 2090. The quantitative estimate of drug-likeness (QED) is 0.105. The van der Waals surface area contributed by atoms with Crippen LogP contribution in [0.4, 0.5) is 10.1 Å². The van der Waals surface area contributed by atoms with Crippen molar-refractivity contribution in [2.45, 2.75) is 51.9 Å². The van der Waals surface area contributed by atoms with Crippen LogP contribution in [0.25, 0.3) is 50.5 Å². The Kier molecular flexibility index (Phi) is 9.67. The summed E-state index contributed by atoms with van der Waals surface area (Å²) in [4.78, 5) is 11.5. The van der Waals surface area contributed by atoms with E-state index >= 15 is 0 Å². The molecule has 0 spiro atoms. The van der Waals surface area contributed by atoms with Crippen LogP contribution in [0.1, 0.15) is 27.2 Å². The van der Waals surface area contributed by atoms with E-state index in [0.717, 1.165) is 77.4 Å². The van der Waals surface area contributed by atoms with Crippen molar-refractivity contribution in [3.05, 3.63) is 103 Å². The Morgan fingerprint density at radius 3 is 2.14 bits per heavy atom. The van der Waals surface area contributed by atoms with Gasteiger partial charge in [0.15, 0.2) is 8.32 Å². The molecule has 0 atom stereocenters. The highest BCUT2D eigenvalue weighted by atomic mass is 28.4. The maximum Gasteiger partial charge on any atom is 0.191 e. The topological polar surface area (TPSA) is 64.2 Å². The number of para-hydroxylation sites is 1. The van der Waals surface area contributed by atoms with Gasteiger partial charge < -0.3 is 14.2 Å². The van der Waals surface area contributed by atoms with Gasteiger partial charge in [0, 0.05) is 66.9 Å². The Morgan fingerprint density at radius 2 is 1.45 bits per heavy atom. The van der Waals surface area contributed by atoms with Crippen LogP contribution in [0.2, 0.25) is 18.1 Å². The smallest absolute Gasteiger partial charge is 0.191 e. The van der Waals surface area contributed by atoms with E-state index in [1.807, 2.05) is 18.3 Å². The number of hydrogen-bond acceptors (Lipinski definition) is 6. The molecule has 1 aliphatic rings. The number of benzene rings is 3. The normalized spacial score (nSPS) is 14.5.